The van der Waals surface area contributed by atoms with Gasteiger partial charge in [-0.1, -0.05) is 12.2 Å². The maximum Gasteiger partial charge on any atom is 0.224 e. The molecule has 0 aliphatic heterocycles. The van der Waals surface area contributed by atoms with Gasteiger partial charge in [-0.2, -0.15) is 4.98 Å². The summed E-state index contributed by atoms with van der Waals surface area (Å²) in [6.45, 7) is 7.56. The highest BCUT2D eigenvalue weighted by Gasteiger charge is 2.23. The molecule has 92 valence electrons. The Morgan fingerprint density at radius 1 is 1.41 bits per heavy atom. The molecule has 1 heterocycles. The van der Waals surface area contributed by atoms with Gasteiger partial charge in [0.05, 0.1) is 5.60 Å². The number of nitrogens with zero attached hydrogens (tertiary/aromatic N) is 2. The van der Waals surface area contributed by atoms with Crippen molar-refractivity contribution in [3.63, 3.8) is 0 Å². The molecule has 5 nitrogen and oxygen atoms in total. The van der Waals surface area contributed by atoms with Crippen LogP contribution in [0.2, 0.25) is 0 Å². The van der Waals surface area contributed by atoms with E-state index in [0.29, 0.717) is 31.2 Å². The molecule has 0 saturated heterocycles. The number of nitrogens with two attached hydrogens (primary N) is 1. The minimum absolute atomic E-state index is 0.314. The highest BCUT2D eigenvalue weighted by atomic mass is 16.3. The average Bonchev–Trinajstić information content (AvgIpc) is 2.27. The van der Waals surface area contributed by atoms with E-state index in [0.717, 1.165) is 0 Å². The molecule has 0 unspecified atom stereocenters. The molecule has 0 aliphatic carbocycles. The van der Waals surface area contributed by atoms with Crippen LogP contribution in [0.3, 0.4) is 0 Å². The molecule has 17 heavy (non-hydrogen) atoms. The van der Waals surface area contributed by atoms with Crippen molar-refractivity contribution in [2.75, 3.05) is 17.6 Å². The summed E-state index contributed by atoms with van der Waals surface area (Å²) in [6.07, 6.45) is 5.84. The van der Waals surface area contributed by atoms with Gasteiger partial charge in [0.25, 0.3) is 0 Å². The van der Waals surface area contributed by atoms with E-state index in [4.69, 9.17) is 5.73 Å². The smallest absolute Gasteiger partial charge is 0.224 e. The standard InChI is InChI=1S/C12H18N4O/c1-3-6-12(17,7-4-2)9-15-11-14-8-5-10(13)16-11/h3-5,8,17H,1-2,6-7,9H2,(H3,13,14,15,16). The molecule has 0 amide bonds. The van der Waals surface area contributed by atoms with E-state index in [1.54, 1.807) is 24.4 Å². The van der Waals surface area contributed by atoms with Gasteiger partial charge in [0.15, 0.2) is 0 Å². The summed E-state index contributed by atoms with van der Waals surface area (Å²) in [5.74, 6) is 0.787. The monoisotopic (exact) mass is 234 g/mol. The van der Waals surface area contributed by atoms with Gasteiger partial charge in [0.1, 0.15) is 5.82 Å². The van der Waals surface area contributed by atoms with E-state index in [1.165, 1.54) is 0 Å². The molecule has 4 N–H and O–H groups in total. The van der Waals surface area contributed by atoms with Crippen molar-refractivity contribution in [1.82, 2.24) is 9.97 Å². The minimum Gasteiger partial charge on any atom is -0.387 e. The van der Waals surface area contributed by atoms with Crippen LogP contribution in [0.25, 0.3) is 0 Å². The Hall–Kier alpha value is -1.88. The molecule has 0 radical (unpaired) electrons. The first-order valence-electron chi connectivity index (χ1n) is 5.36. The molecule has 1 rings (SSSR count). The molecule has 0 atom stereocenters. The van der Waals surface area contributed by atoms with Gasteiger partial charge >= 0.3 is 0 Å². The Bertz CT molecular complexity index is 382. The van der Waals surface area contributed by atoms with Crippen LogP contribution in [-0.2, 0) is 0 Å². The van der Waals surface area contributed by atoms with E-state index in [2.05, 4.69) is 28.4 Å². The number of nitrogen functional groups attached to an aromatic ring is 1. The molecule has 0 aromatic carbocycles. The predicted molar refractivity (Wildman–Crippen MR) is 69.5 cm³/mol. The van der Waals surface area contributed by atoms with Crippen LogP contribution >= 0.6 is 0 Å². The maximum absolute atomic E-state index is 10.3. The molecular weight excluding hydrogens is 216 g/mol. The summed E-state index contributed by atoms with van der Waals surface area (Å²) in [5, 5.41) is 13.2. The average molecular weight is 234 g/mol. The van der Waals surface area contributed by atoms with Crippen LogP contribution < -0.4 is 11.1 Å². The zero-order valence-corrected chi connectivity index (χ0v) is 9.76. The normalized spacial score (nSPS) is 10.9. The van der Waals surface area contributed by atoms with E-state index in [-0.39, 0.29) is 0 Å². The molecule has 0 bridgehead atoms. The molecule has 1 aromatic rings. The zero-order chi connectivity index (χ0) is 12.7. The van der Waals surface area contributed by atoms with Crippen molar-refractivity contribution in [3.8, 4) is 0 Å². The second-order valence-corrected chi connectivity index (χ2v) is 3.87. The van der Waals surface area contributed by atoms with Crippen LogP contribution in [0.5, 0.6) is 0 Å². The lowest BCUT2D eigenvalue weighted by atomic mass is 9.95. The number of rotatable bonds is 7. The summed E-state index contributed by atoms with van der Waals surface area (Å²) in [7, 11) is 0. The summed E-state index contributed by atoms with van der Waals surface area (Å²) >= 11 is 0. The first kappa shape index (κ1) is 13.2. The van der Waals surface area contributed by atoms with E-state index in [1.807, 2.05) is 0 Å². The Labute approximate surface area is 101 Å². The number of anilines is 2. The lowest BCUT2D eigenvalue weighted by Gasteiger charge is -2.25. The third-order valence-corrected chi connectivity index (χ3v) is 2.30. The summed E-state index contributed by atoms with van der Waals surface area (Å²) in [4.78, 5) is 7.99. The van der Waals surface area contributed by atoms with E-state index < -0.39 is 5.60 Å². The van der Waals surface area contributed by atoms with Crippen molar-refractivity contribution in [3.05, 3.63) is 37.6 Å². The fourth-order valence-electron chi connectivity index (χ4n) is 1.47. The van der Waals surface area contributed by atoms with Crippen LogP contribution in [0.15, 0.2) is 37.6 Å². The van der Waals surface area contributed by atoms with Crippen LogP contribution in [0.4, 0.5) is 11.8 Å². The first-order valence-corrected chi connectivity index (χ1v) is 5.36. The predicted octanol–water partition coefficient (Wildman–Crippen LogP) is 1.35. The summed E-state index contributed by atoms with van der Waals surface area (Å²) < 4.78 is 0. The molecule has 0 fully saturated rings. The number of nitrogens with one attached hydrogen (secondary N) is 1. The second kappa shape index (κ2) is 6.00. The number of aromatic nitrogens is 2. The van der Waals surface area contributed by atoms with E-state index >= 15 is 0 Å². The Kier molecular flexibility index (Phi) is 4.66. The zero-order valence-electron chi connectivity index (χ0n) is 9.76. The molecule has 0 spiro atoms. The fourth-order valence-corrected chi connectivity index (χ4v) is 1.47. The Balaban J connectivity index is 2.63. The fraction of sp³-hybridized carbons (Fsp3) is 0.333. The van der Waals surface area contributed by atoms with Crippen LogP contribution in [-0.4, -0.2) is 27.2 Å². The van der Waals surface area contributed by atoms with Crippen LogP contribution in [0.1, 0.15) is 12.8 Å². The van der Waals surface area contributed by atoms with Crippen molar-refractivity contribution in [2.24, 2.45) is 0 Å². The van der Waals surface area contributed by atoms with Crippen molar-refractivity contribution in [1.29, 1.82) is 0 Å². The van der Waals surface area contributed by atoms with Crippen molar-refractivity contribution >= 4 is 11.8 Å². The van der Waals surface area contributed by atoms with Gasteiger partial charge < -0.3 is 16.2 Å². The lowest BCUT2D eigenvalue weighted by Crippen LogP contribution is -2.36. The molecule has 1 aromatic heterocycles. The summed E-state index contributed by atoms with van der Waals surface area (Å²) in [6, 6.07) is 1.60. The number of hydrogen-bond acceptors (Lipinski definition) is 5. The second-order valence-electron chi connectivity index (χ2n) is 3.87. The van der Waals surface area contributed by atoms with E-state index in [9.17, 15) is 5.11 Å². The maximum atomic E-state index is 10.3. The Morgan fingerprint density at radius 2 is 2.06 bits per heavy atom. The topological polar surface area (TPSA) is 84.1 Å². The van der Waals surface area contributed by atoms with Gasteiger partial charge in [-0.25, -0.2) is 4.98 Å². The molecule has 0 aliphatic rings. The molecule has 5 heteroatoms. The summed E-state index contributed by atoms with van der Waals surface area (Å²) in [5.41, 5.74) is 4.61. The van der Waals surface area contributed by atoms with Gasteiger partial charge in [0.2, 0.25) is 5.95 Å². The number of aliphatic hydroxyl groups is 1. The van der Waals surface area contributed by atoms with Crippen molar-refractivity contribution in [2.45, 2.75) is 18.4 Å². The largest absolute Gasteiger partial charge is 0.387 e. The van der Waals surface area contributed by atoms with Gasteiger partial charge in [-0.15, -0.1) is 13.2 Å². The third-order valence-electron chi connectivity index (χ3n) is 2.30. The van der Waals surface area contributed by atoms with Gasteiger partial charge in [-0.3, -0.25) is 0 Å². The van der Waals surface area contributed by atoms with Gasteiger partial charge in [0, 0.05) is 12.7 Å². The quantitative estimate of drug-likeness (QED) is 0.620. The highest BCUT2D eigenvalue weighted by Crippen LogP contribution is 2.17. The number of hydrogen-bond donors (Lipinski definition) is 3. The lowest BCUT2D eigenvalue weighted by molar-refractivity contribution is 0.0598. The first-order chi connectivity index (χ1) is 8.09. The highest BCUT2D eigenvalue weighted by molar-refractivity contribution is 5.35. The van der Waals surface area contributed by atoms with Gasteiger partial charge in [-0.05, 0) is 18.9 Å². The minimum atomic E-state index is -0.919. The Morgan fingerprint density at radius 3 is 2.59 bits per heavy atom. The third kappa shape index (κ3) is 4.24. The van der Waals surface area contributed by atoms with Crippen LogP contribution in [0, 0.1) is 0 Å². The molecule has 0 saturated carbocycles. The molecular formula is C12H18N4O. The SMILES string of the molecule is C=CCC(O)(CC=C)CNc1nccc(N)n1. The van der Waals surface area contributed by atoms with Crippen molar-refractivity contribution < 1.29 is 5.11 Å².